The molecule has 5 nitrogen and oxygen atoms in total. The van der Waals surface area contributed by atoms with E-state index < -0.39 is 0 Å². The van der Waals surface area contributed by atoms with Crippen molar-refractivity contribution >= 4 is 29.4 Å². The van der Waals surface area contributed by atoms with Crippen molar-refractivity contribution in [2.45, 2.75) is 29.3 Å². The Labute approximate surface area is 173 Å². The smallest absolute Gasteiger partial charge is 0.266 e. The number of allylic oxidation sites excluding steroid dienone is 4. The molecule has 0 bridgehead atoms. The first-order valence-electron chi connectivity index (χ1n) is 8.92. The summed E-state index contributed by atoms with van der Waals surface area (Å²) in [7, 11) is 1.59. The van der Waals surface area contributed by atoms with Crippen molar-refractivity contribution in [3.63, 3.8) is 0 Å². The van der Waals surface area contributed by atoms with Crippen LogP contribution in [0.4, 0.5) is 0 Å². The lowest BCUT2D eigenvalue weighted by atomic mass is 10.0. The van der Waals surface area contributed by atoms with E-state index in [0.717, 1.165) is 16.9 Å². The summed E-state index contributed by atoms with van der Waals surface area (Å²) in [6, 6.07) is 8.01. The Hall–Kier alpha value is -2.25. The molecule has 1 aromatic heterocycles. The van der Waals surface area contributed by atoms with Crippen LogP contribution in [0.5, 0.6) is 0 Å². The number of hydrogen-bond acceptors (Lipinski definition) is 5. The Bertz CT molecular complexity index is 1020. The molecule has 1 heterocycles. The van der Waals surface area contributed by atoms with Crippen LogP contribution in [-0.4, -0.2) is 34.9 Å². The van der Waals surface area contributed by atoms with Crippen LogP contribution in [0, 0.1) is 0 Å². The number of rotatable bonds is 5. The summed E-state index contributed by atoms with van der Waals surface area (Å²) in [5.74, 6) is 0.864. The summed E-state index contributed by atoms with van der Waals surface area (Å²) < 4.78 is 1.75. The number of benzene rings is 1. The van der Waals surface area contributed by atoms with E-state index in [1.165, 1.54) is 17.3 Å². The molecule has 0 saturated heterocycles. The Morgan fingerprint density at radius 3 is 2.50 bits per heavy atom. The van der Waals surface area contributed by atoms with Crippen LogP contribution in [0.25, 0.3) is 11.4 Å². The zero-order chi connectivity index (χ0) is 20.3. The molecule has 1 aliphatic carbocycles. The van der Waals surface area contributed by atoms with Gasteiger partial charge in [-0.05, 0) is 38.0 Å². The zero-order valence-electron chi connectivity index (χ0n) is 16.5. The van der Waals surface area contributed by atoms with Crippen molar-refractivity contribution in [2.24, 2.45) is 10.7 Å². The van der Waals surface area contributed by atoms with Gasteiger partial charge < -0.3 is 5.73 Å². The summed E-state index contributed by atoms with van der Waals surface area (Å²) in [5.41, 5.74) is 8.38. The SMILES string of the molecule is CN=C(N)c1c(SC)nc(-c2ccc(SC)cc2)n(C2C=CC(C)=CC2)c1=O. The van der Waals surface area contributed by atoms with Gasteiger partial charge in [-0.1, -0.05) is 35.9 Å². The molecular weight excluding hydrogens is 388 g/mol. The van der Waals surface area contributed by atoms with E-state index in [-0.39, 0.29) is 17.4 Å². The Morgan fingerprint density at radius 2 is 1.96 bits per heavy atom. The second-order valence-corrected chi connectivity index (χ2v) is 8.12. The lowest BCUT2D eigenvalue weighted by Crippen LogP contribution is -2.35. The van der Waals surface area contributed by atoms with Crippen LogP contribution in [0.2, 0.25) is 0 Å². The first-order chi connectivity index (χ1) is 13.5. The maximum absolute atomic E-state index is 13.5. The highest BCUT2D eigenvalue weighted by molar-refractivity contribution is 7.98. The first-order valence-corrected chi connectivity index (χ1v) is 11.4. The highest BCUT2D eigenvalue weighted by Gasteiger charge is 2.24. The number of amidine groups is 1. The molecule has 2 aromatic rings. The van der Waals surface area contributed by atoms with Gasteiger partial charge in [0.2, 0.25) is 0 Å². The highest BCUT2D eigenvalue weighted by Crippen LogP contribution is 2.29. The molecule has 3 rings (SSSR count). The lowest BCUT2D eigenvalue weighted by Gasteiger charge is -2.23. The molecule has 1 aromatic carbocycles. The molecule has 0 radical (unpaired) electrons. The Balaban J connectivity index is 2.28. The summed E-state index contributed by atoms with van der Waals surface area (Å²) >= 11 is 3.09. The molecule has 2 N–H and O–H groups in total. The van der Waals surface area contributed by atoms with E-state index in [1.807, 2.05) is 42.9 Å². The largest absolute Gasteiger partial charge is 0.383 e. The molecule has 0 aliphatic heterocycles. The fraction of sp³-hybridized carbons (Fsp3) is 0.286. The number of nitrogens with zero attached hydrogens (tertiary/aromatic N) is 3. The predicted octanol–water partition coefficient (Wildman–Crippen LogP) is 4.14. The number of aromatic nitrogens is 2. The van der Waals surface area contributed by atoms with Crippen molar-refractivity contribution in [2.75, 3.05) is 19.6 Å². The normalized spacial score (nSPS) is 16.9. The van der Waals surface area contributed by atoms with Crippen LogP contribution in [0.3, 0.4) is 0 Å². The number of aliphatic imine (C=N–C) groups is 1. The molecule has 146 valence electrons. The second kappa shape index (κ2) is 8.84. The average Bonchev–Trinajstić information content (AvgIpc) is 2.73. The number of hydrogen-bond donors (Lipinski definition) is 1. The first kappa shape index (κ1) is 20.5. The Kier molecular flexibility index (Phi) is 6.46. The number of thioether (sulfide) groups is 2. The Morgan fingerprint density at radius 1 is 1.25 bits per heavy atom. The molecule has 0 spiro atoms. The summed E-state index contributed by atoms with van der Waals surface area (Å²) in [6.07, 6.45) is 10.9. The van der Waals surface area contributed by atoms with Gasteiger partial charge in [-0.25, -0.2) is 4.98 Å². The van der Waals surface area contributed by atoms with Gasteiger partial charge in [0, 0.05) is 17.5 Å². The maximum atomic E-state index is 13.5. The quantitative estimate of drug-likeness (QED) is 0.346. The standard InChI is InChI=1S/C21H24N4OS2/c1-13-5-9-15(10-6-13)25-19(14-7-11-16(27-3)12-8-14)24-20(28-4)17(21(25)26)18(22)23-2/h5-9,11-12,15H,10H2,1-4H3,(H2,22,23). The van der Waals surface area contributed by atoms with Gasteiger partial charge in [-0.3, -0.25) is 14.4 Å². The van der Waals surface area contributed by atoms with Crippen LogP contribution in [0.1, 0.15) is 24.9 Å². The van der Waals surface area contributed by atoms with Crippen LogP contribution >= 0.6 is 23.5 Å². The van der Waals surface area contributed by atoms with E-state index in [1.54, 1.807) is 23.4 Å². The fourth-order valence-corrected chi connectivity index (χ4v) is 4.13. The minimum absolute atomic E-state index is 0.113. The van der Waals surface area contributed by atoms with Crippen molar-refractivity contribution in [1.29, 1.82) is 0 Å². The topological polar surface area (TPSA) is 73.3 Å². The monoisotopic (exact) mass is 412 g/mol. The maximum Gasteiger partial charge on any atom is 0.266 e. The van der Waals surface area contributed by atoms with Gasteiger partial charge in [-0.15, -0.1) is 23.5 Å². The fourth-order valence-electron chi connectivity index (χ4n) is 3.15. The van der Waals surface area contributed by atoms with Gasteiger partial charge in [0.05, 0.1) is 6.04 Å². The van der Waals surface area contributed by atoms with Crippen molar-refractivity contribution in [1.82, 2.24) is 9.55 Å². The van der Waals surface area contributed by atoms with Gasteiger partial charge >= 0.3 is 0 Å². The summed E-state index contributed by atoms with van der Waals surface area (Å²) in [4.78, 5) is 23.6. The molecule has 1 atom stereocenters. The third kappa shape index (κ3) is 3.95. The molecular formula is C21H24N4OS2. The van der Waals surface area contributed by atoms with Crippen LogP contribution in [-0.2, 0) is 0 Å². The number of nitrogens with two attached hydrogens (primary N) is 1. The van der Waals surface area contributed by atoms with Gasteiger partial charge in [0.25, 0.3) is 5.56 Å². The lowest BCUT2D eigenvalue weighted by molar-refractivity contribution is 0.574. The van der Waals surface area contributed by atoms with Crippen LogP contribution in [0.15, 0.2) is 67.8 Å². The van der Waals surface area contributed by atoms with E-state index in [4.69, 9.17) is 10.7 Å². The minimum Gasteiger partial charge on any atom is -0.383 e. The predicted molar refractivity (Wildman–Crippen MR) is 121 cm³/mol. The van der Waals surface area contributed by atoms with Crippen molar-refractivity contribution < 1.29 is 0 Å². The molecule has 7 heteroatoms. The third-order valence-corrected chi connectivity index (χ3v) is 6.14. The van der Waals surface area contributed by atoms with E-state index in [0.29, 0.717) is 16.4 Å². The summed E-state index contributed by atoms with van der Waals surface area (Å²) in [5, 5.41) is 0.597. The summed E-state index contributed by atoms with van der Waals surface area (Å²) in [6.45, 7) is 2.06. The van der Waals surface area contributed by atoms with Gasteiger partial charge in [-0.2, -0.15) is 0 Å². The van der Waals surface area contributed by atoms with Gasteiger partial charge in [0.1, 0.15) is 22.2 Å². The van der Waals surface area contributed by atoms with E-state index in [9.17, 15) is 4.79 Å². The molecule has 0 saturated carbocycles. The molecule has 1 aliphatic rings. The average molecular weight is 413 g/mol. The molecule has 1 unspecified atom stereocenters. The molecule has 0 amide bonds. The molecule has 28 heavy (non-hydrogen) atoms. The molecule has 0 fully saturated rings. The second-order valence-electron chi connectivity index (χ2n) is 6.44. The van der Waals surface area contributed by atoms with Crippen LogP contribution < -0.4 is 11.3 Å². The van der Waals surface area contributed by atoms with Crippen molar-refractivity contribution in [3.8, 4) is 11.4 Å². The van der Waals surface area contributed by atoms with Gasteiger partial charge in [0.15, 0.2) is 0 Å². The van der Waals surface area contributed by atoms with Crippen molar-refractivity contribution in [3.05, 3.63) is 64.0 Å². The van der Waals surface area contributed by atoms with E-state index >= 15 is 0 Å². The minimum atomic E-state index is -0.158. The van der Waals surface area contributed by atoms with E-state index in [2.05, 4.69) is 24.1 Å². The zero-order valence-corrected chi connectivity index (χ0v) is 18.1. The highest BCUT2D eigenvalue weighted by atomic mass is 32.2. The third-order valence-electron chi connectivity index (χ3n) is 4.72.